The lowest BCUT2D eigenvalue weighted by Gasteiger charge is -2.37. The zero-order valence-corrected chi connectivity index (χ0v) is 19.4. The first-order valence-electron chi connectivity index (χ1n) is 10.0. The molecular formula is C21H27ClN4O4S. The smallest absolute Gasteiger partial charge is 0.241 e. The van der Waals surface area contributed by atoms with Crippen molar-refractivity contribution in [2.45, 2.75) is 24.8 Å². The van der Waals surface area contributed by atoms with Crippen LogP contribution in [-0.2, 0) is 14.8 Å². The first kappa shape index (κ1) is 23.3. The van der Waals surface area contributed by atoms with Crippen molar-refractivity contribution in [1.82, 2.24) is 14.6 Å². The minimum atomic E-state index is -3.86. The van der Waals surface area contributed by atoms with E-state index in [1.807, 2.05) is 19.9 Å². The highest BCUT2D eigenvalue weighted by Crippen LogP contribution is 2.19. The maximum atomic E-state index is 13.2. The fraction of sp³-hybridized carbons (Fsp3) is 0.429. The number of carbonyl (C=O) groups excluding carboxylic acids is 1. The highest BCUT2D eigenvalue weighted by Gasteiger charge is 2.33. The van der Waals surface area contributed by atoms with E-state index in [9.17, 15) is 13.2 Å². The Morgan fingerprint density at radius 3 is 2.26 bits per heavy atom. The van der Waals surface area contributed by atoms with Crippen LogP contribution in [0.15, 0.2) is 47.5 Å². The molecule has 2 aromatic rings. The number of sulfonamides is 1. The largest absolute Gasteiger partial charge is 0.497 e. The monoisotopic (exact) mass is 466 g/mol. The topological polar surface area (TPSA) is 91.8 Å². The van der Waals surface area contributed by atoms with Gasteiger partial charge in [-0.2, -0.15) is 4.72 Å². The van der Waals surface area contributed by atoms with Crippen LogP contribution in [0.1, 0.15) is 13.8 Å². The molecule has 0 radical (unpaired) electrons. The third-order valence-corrected chi connectivity index (χ3v) is 6.89. The normalized spacial score (nSPS) is 15.8. The van der Waals surface area contributed by atoms with Crippen molar-refractivity contribution in [3.8, 4) is 5.75 Å². The molecule has 1 aliphatic heterocycles. The molecule has 1 aromatic heterocycles. The van der Waals surface area contributed by atoms with Crippen molar-refractivity contribution in [3.63, 3.8) is 0 Å². The lowest BCUT2D eigenvalue weighted by atomic mass is 10.0. The Bertz CT molecular complexity index is 989. The summed E-state index contributed by atoms with van der Waals surface area (Å²) in [5.74, 6) is 0.924. The minimum absolute atomic E-state index is 0.0883. The fourth-order valence-corrected chi connectivity index (χ4v) is 4.82. The van der Waals surface area contributed by atoms with Crippen molar-refractivity contribution < 1.29 is 17.9 Å². The summed E-state index contributed by atoms with van der Waals surface area (Å²) in [6.07, 6.45) is 1.59. The maximum absolute atomic E-state index is 13.2. The van der Waals surface area contributed by atoms with Gasteiger partial charge in [0.15, 0.2) is 0 Å². The van der Waals surface area contributed by atoms with Gasteiger partial charge in [0.1, 0.15) is 17.6 Å². The number of halogens is 1. The molecule has 1 amide bonds. The number of piperazine rings is 1. The Hall–Kier alpha value is -2.36. The van der Waals surface area contributed by atoms with E-state index in [2.05, 4.69) is 14.6 Å². The van der Waals surface area contributed by atoms with Gasteiger partial charge in [-0.05, 0) is 42.3 Å². The molecule has 1 aliphatic rings. The highest BCUT2D eigenvalue weighted by atomic mass is 35.5. The Labute approximate surface area is 188 Å². The Morgan fingerprint density at radius 1 is 1.10 bits per heavy atom. The number of ether oxygens (including phenoxy) is 1. The number of aromatic nitrogens is 1. The van der Waals surface area contributed by atoms with Crippen molar-refractivity contribution in [2.75, 3.05) is 38.2 Å². The Balaban J connectivity index is 1.67. The third kappa shape index (κ3) is 5.66. The molecule has 31 heavy (non-hydrogen) atoms. The number of anilines is 1. The zero-order valence-electron chi connectivity index (χ0n) is 17.8. The van der Waals surface area contributed by atoms with E-state index < -0.39 is 16.1 Å². The fourth-order valence-electron chi connectivity index (χ4n) is 3.37. The van der Waals surface area contributed by atoms with E-state index in [0.29, 0.717) is 37.0 Å². The lowest BCUT2D eigenvalue weighted by Crippen LogP contribution is -2.56. The van der Waals surface area contributed by atoms with Crippen LogP contribution in [0.2, 0.25) is 5.02 Å². The van der Waals surface area contributed by atoms with Gasteiger partial charge in [-0.1, -0.05) is 25.4 Å². The molecule has 1 N–H and O–H groups in total. The molecule has 0 aliphatic carbocycles. The van der Waals surface area contributed by atoms with Crippen LogP contribution in [0.3, 0.4) is 0 Å². The van der Waals surface area contributed by atoms with E-state index >= 15 is 0 Å². The SMILES string of the molecule is COc1ccc(S(=O)(=O)N[C@H](C(=O)N2CCN(c3ccc(Cl)cn3)CC2)C(C)C)cc1. The number of nitrogens with zero attached hydrogens (tertiary/aromatic N) is 3. The summed E-state index contributed by atoms with van der Waals surface area (Å²) >= 11 is 5.90. The average Bonchev–Trinajstić information content (AvgIpc) is 2.77. The molecule has 168 valence electrons. The second kappa shape index (κ2) is 9.84. The summed E-state index contributed by atoms with van der Waals surface area (Å²) in [5.41, 5.74) is 0. The van der Waals surface area contributed by atoms with Gasteiger partial charge in [-0.3, -0.25) is 4.79 Å². The first-order valence-corrected chi connectivity index (χ1v) is 11.9. The molecule has 0 spiro atoms. The summed E-state index contributed by atoms with van der Waals surface area (Å²) in [7, 11) is -2.35. The van der Waals surface area contributed by atoms with Crippen LogP contribution in [0.5, 0.6) is 5.75 Å². The molecule has 1 saturated heterocycles. The van der Waals surface area contributed by atoms with E-state index in [4.69, 9.17) is 16.3 Å². The summed E-state index contributed by atoms with van der Waals surface area (Å²) in [6, 6.07) is 8.84. The number of methoxy groups -OCH3 is 1. The second-order valence-corrected chi connectivity index (χ2v) is 9.82. The second-order valence-electron chi connectivity index (χ2n) is 7.67. The molecular weight excluding hydrogens is 440 g/mol. The predicted molar refractivity (Wildman–Crippen MR) is 120 cm³/mol. The molecule has 1 aromatic carbocycles. The summed E-state index contributed by atoms with van der Waals surface area (Å²) in [6.45, 7) is 5.83. The molecule has 3 rings (SSSR count). The van der Waals surface area contributed by atoms with Crippen LogP contribution >= 0.6 is 11.6 Å². The van der Waals surface area contributed by atoms with Crippen molar-refractivity contribution in [1.29, 1.82) is 0 Å². The van der Waals surface area contributed by atoms with Gasteiger partial charge in [0.2, 0.25) is 15.9 Å². The number of nitrogens with one attached hydrogen (secondary N) is 1. The molecule has 0 bridgehead atoms. The van der Waals surface area contributed by atoms with E-state index in [0.717, 1.165) is 5.82 Å². The van der Waals surface area contributed by atoms with Crippen LogP contribution in [0.25, 0.3) is 0 Å². The number of benzene rings is 1. The quantitative estimate of drug-likeness (QED) is 0.673. The van der Waals surface area contributed by atoms with Crippen molar-refractivity contribution in [2.24, 2.45) is 5.92 Å². The number of amides is 1. The predicted octanol–water partition coefficient (Wildman–Crippen LogP) is 2.40. The van der Waals surface area contributed by atoms with Gasteiger partial charge in [-0.25, -0.2) is 13.4 Å². The minimum Gasteiger partial charge on any atom is -0.497 e. The van der Waals surface area contributed by atoms with E-state index in [1.165, 1.54) is 19.2 Å². The van der Waals surface area contributed by atoms with Crippen LogP contribution in [0.4, 0.5) is 5.82 Å². The van der Waals surface area contributed by atoms with Gasteiger partial charge >= 0.3 is 0 Å². The van der Waals surface area contributed by atoms with E-state index in [-0.39, 0.29) is 16.7 Å². The summed E-state index contributed by atoms with van der Waals surface area (Å²) < 4.78 is 33.4. The number of carbonyl (C=O) groups is 1. The van der Waals surface area contributed by atoms with Gasteiger partial charge in [0, 0.05) is 32.4 Å². The summed E-state index contributed by atoms with van der Waals surface area (Å²) in [5, 5.41) is 0.571. The molecule has 1 fully saturated rings. The number of hydrogen-bond donors (Lipinski definition) is 1. The molecule has 8 nitrogen and oxygen atoms in total. The van der Waals surface area contributed by atoms with Crippen LogP contribution in [0, 0.1) is 5.92 Å². The van der Waals surface area contributed by atoms with Crippen molar-refractivity contribution >= 4 is 33.3 Å². The van der Waals surface area contributed by atoms with Crippen LogP contribution < -0.4 is 14.4 Å². The molecule has 2 heterocycles. The molecule has 0 saturated carbocycles. The zero-order chi connectivity index (χ0) is 22.6. The van der Waals surface area contributed by atoms with Crippen LogP contribution in [-0.4, -0.2) is 63.5 Å². The number of hydrogen-bond acceptors (Lipinski definition) is 6. The number of pyridine rings is 1. The Morgan fingerprint density at radius 2 is 1.74 bits per heavy atom. The van der Waals surface area contributed by atoms with E-state index in [1.54, 1.807) is 29.3 Å². The van der Waals surface area contributed by atoms with Crippen molar-refractivity contribution in [3.05, 3.63) is 47.6 Å². The highest BCUT2D eigenvalue weighted by molar-refractivity contribution is 7.89. The Kier molecular flexibility index (Phi) is 7.40. The van der Waals surface area contributed by atoms with Gasteiger partial charge < -0.3 is 14.5 Å². The molecule has 10 heteroatoms. The van der Waals surface area contributed by atoms with Gasteiger partial charge in [0.25, 0.3) is 0 Å². The molecule has 0 unspecified atom stereocenters. The average molecular weight is 467 g/mol. The standard InChI is InChI=1S/C21H27ClN4O4S/c1-15(2)20(24-31(28,29)18-7-5-17(30-3)6-8-18)21(27)26-12-10-25(11-13-26)19-9-4-16(22)14-23-19/h4-9,14-15,20,24H,10-13H2,1-3H3/t20-/m0/s1. The van der Waals surface area contributed by atoms with Gasteiger partial charge in [-0.15, -0.1) is 0 Å². The maximum Gasteiger partial charge on any atom is 0.241 e. The summed E-state index contributed by atoms with van der Waals surface area (Å²) in [4.78, 5) is 21.3. The lowest BCUT2D eigenvalue weighted by molar-refractivity contribution is -0.134. The third-order valence-electron chi connectivity index (χ3n) is 5.21. The van der Waals surface area contributed by atoms with Gasteiger partial charge in [0.05, 0.1) is 17.0 Å². The number of rotatable bonds is 7. The molecule has 1 atom stereocenters. The first-order chi connectivity index (χ1) is 14.7.